The number of rotatable bonds is 8. The number of carbonyl (C=O) groups excluding carboxylic acids is 3. The first-order valence-corrected chi connectivity index (χ1v) is 12.5. The molecule has 0 radical (unpaired) electrons. The Morgan fingerprint density at radius 3 is 2.11 bits per heavy atom. The van der Waals surface area contributed by atoms with Crippen molar-refractivity contribution in [1.29, 1.82) is 0 Å². The zero-order chi connectivity index (χ0) is 28.1. The van der Waals surface area contributed by atoms with Crippen molar-refractivity contribution in [2.24, 2.45) is 10.7 Å². The first-order valence-electron chi connectivity index (χ1n) is 11.8. The molecule has 0 bridgehead atoms. The van der Waals surface area contributed by atoms with Crippen LogP contribution in [0, 0.1) is 17.2 Å². The van der Waals surface area contributed by atoms with Crippen LogP contribution >= 0.6 is 8.86 Å². The van der Waals surface area contributed by atoms with Gasteiger partial charge in [0.2, 0.25) is 5.91 Å². The lowest BCUT2D eigenvalue weighted by Gasteiger charge is -2.34. The maximum Gasteiger partial charge on any atom is 0.251 e. The monoisotopic (exact) mass is 531 g/mol. The number of hydrogen-bond donors (Lipinski definition) is 2. The molecule has 0 saturated carbocycles. The molecule has 2 N–H and O–H groups in total. The maximum atomic E-state index is 12.1. The van der Waals surface area contributed by atoms with Crippen molar-refractivity contribution in [3.63, 3.8) is 0 Å². The van der Waals surface area contributed by atoms with Crippen molar-refractivity contribution in [1.82, 2.24) is 10.7 Å². The zero-order valence-corrected chi connectivity index (χ0v) is 22.9. The molecule has 37 heavy (non-hydrogen) atoms. The van der Waals surface area contributed by atoms with Crippen LogP contribution < -0.4 is 15.5 Å². The van der Waals surface area contributed by atoms with Crippen molar-refractivity contribution in [3.05, 3.63) is 70.1 Å². The Hall–Kier alpha value is -3.42. The van der Waals surface area contributed by atoms with Crippen LogP contribution in [0.25, 0.3) is 0 Å². The predicted molar refractivity (Wildman–Crippen MR) is 149 cm³/mol. The van der Waals surface area contributed by atoms with E-state index < -0.39 is 5.41 Å². The SMILES string of the molecule is C=O.C=P.CCCNC(=O)c1ccc(OC)cc1.Cc1ccc(CC2(C(=O)NN=O)CCOCC2)cc1. The molecule has 0 atom stereocenters. The molecule has 0 aromatic heterocycles. The molecule has 3 rings (SSSR count). The fourth-order valence-electron chi connectivity index (χ4n) is 3.59. The number of hydrogen-bond acceptors (Lipinski definition) is 7. The molecule has 1 aliphatic heterocycles. The minimum absolute atomic E-state index is 0.0329. The topological polar surface area (TPSA) is 123 Å². The molecular weight excluding hydrogens is 493 g/mol. The molecule has 0 aliphatic carbocycles. The number of ether oxygens (including phenoxy) is 2. The molecule has 1 aliphatic rings. The van der Waals surface area contributed by atoms with Crippen molar-refractivity contribution in [2.75, 3.05) is 26.9 Å². The van der Waals surface area contributed by atoms with Gasteiger partial charge in [0.1, 0.15) is 12.5 Å². The van der Waals surface area contributed by atoms with Crippen LogP contribution in [0.1, 0.15) is 47.7 Å². The number of nitrogens with one attached hydrogen (secondary N) is 2. The lowest BCUT2D eigenvalue weighted by molar-refractivity contribution is -0.136. The summed E-state index contributed by atoms with van der Waals surface area (Å²) in [5.74, 6) is 0.429. The van der Waals surface area contributed by atoms with Gasteiger partial charge in [0.05, 0.1) is 17.8 Å². The van der Waals surface area contributed by atoms with Crippen LogP contribution in [0.2, 0.25) is 0 Å². The highest BCUT2D eigenvalue weighted by molar-refractivity contribution is 7.15. The van der Waals surface area contributed by atoms with Crippen LogP contribution in [0.3, 0.4) is 0 Å². The Bertz CT molecular complexity index is 930. The summed E-state index contributed by atoms with van der Waals surface area (Å²) in [6.07, 6.45) is 5.84. The number of carbonyl (C=O) groups is 3. The van der Waals surface area contributed by atoms with Gasteiger partial charge in [-0.25, -0.2) is 5.43 Å². The van der Waals surface area contributed by atoms with Crippen molar-refractivity contribution in [2.45, 2.75) is 39.5 Å². The summed E-state index contributed by atoms with van der Waals surface area (Å²) < 4.78 is 10.3. The van der Waals surface area contributed by atoms with Gasteiger partial charge in [0.25, 0.3) is 5.91 Å². The highest BCUT2D eigenvalue weighted by Gasteiger charge is 2.40. The molecule has 0 unspecified atom stereocenters. The molecule has 1 saturated heterocycles. The number of methoxy groups -OCH3 is 1. The van der Waals surface area contributed by atoms with E-state index in [1.54, 1.807) is 31.4 Å². The average molecular weight is 532 g/mol. The third kappa shape index (κ3) is 11.9. The molecule has 1 heterocycles. The Kier molecular flexibility index (Phi) is 17.9. The standard InChI is InChI=1S/C14H18N2O3.C11H15NO2.CH2O.CH3P/c1-11-2-4-12(5-3-11)10-14(13(17)15-16-18)6-8-19-9-7-14;1-3-8-12-11(13)9-4-6-10(14-2)7-5-9;2*1-2/h2-5H,6-10H2,1H3,(H,15,17,18);4-7H,3,8H2,1-2H3,(H,12,13);1H2;2H,1H2. The maximum absolute atomic E-state index is 12.1. The second-order valence-electron chi connectivity index (χ2n) is 8.07. The lowest BCUT2D eigenvalue weighted by atomic mass is 9.74. The molecular formula is C27H38N3O6P. The molecule has 0 spiro atoms. The van der Waals surface area contributed by atoms with Gasteiger partial charge in [-0.3, -0.25) is 9.59 Å². The second kappa shape index (κ2) is 19.7. The number of aryl methyl sites for hydroxylation is 1. The largest absolute Gasteiger partial charge is 0.497 e. The van der Waals surface area contributed by atoms with Gasteiger partial charge in [-0.05, 0) is 62.4 Å². The van der Waals surface area contributed by atoms with Crippen LogP contribution in [-0.2, 0) is 20.7 Å². The van der Waals surface area contributed by atoms with Crippen LogP contribution in [0.4, 0.5) is 0 Å². The molecule has 2 aromatic rings. The third-order valence-electron chi connectivity index (χ3n) is 5.63. The summed E-state index contributed by atoms with van der Waals surface area (Å²) in [7, 11) is 4.33. The Labute approximate surface area is 221 Å². The van der Waals surface area contributed by atoms with Gasteiger partial charge < -0.3 is 19.6 Å². The first kappa shape index (κ1) is 33.6. The zero-order valence-electron chi connectivity index (χ0n) is 21.9. The lowest BCUT2D eigenvalue weighted by Crippen LogP contribution is -2.44. The van der Waals surface area contributed by atoms with Gasteiger partial charge in [0, 0.05) is 25.3 Å². The first-order chi connectivity index (χ1) is 17.9. The van der Waals surface area contributed by atoms with E-state index in [2.05, 4.69) is 31.2 Å². The third-order valence-corrected chi connectivity index (χ3v) is 5.63. The van der Waals surface area contributed by atoms with E-state index in [1.165, 1.54) is 5.56 Å². The van der Waals surface area contributed by atoms with Crippen LogP contribution in [-0.4, -0.2) is 51.8 Å². The summed E-state index contributed by atoms with van der Waals surface area (Å²) >= 11 is 0. The summed E-state index contributed by atoms with van der Waals surface area (Å²) in [6.45, 7) is 7.84. The number of nitrogens with zero attached hydrogens (tertiary/aromatic N) is 1. The Morgan fingerprint density at radius 1 is 1.05 bits per heavy atom. The van der Waals surface area contributed by atoms with E-state index >= 15 is 0 Å². The summed E-state index contributed by atoms with van der Waals surface area (Å²) in [5.41, 5.74) is 4.42. The highest BCUT2D eigenvalue weighted by atomic mass is 31.0. The van der Waals surface area contributed by atoms with E-state index in [9.17, 15) is 14.5 Å². The Balaban J connectivity index is 0.000000640. The fraction of sp³-hybridized carbons (Fsp3) is 0.407. The molecule has 2 amide bonds. The van der Waals surface area contributed by atoms with Crippen LogP contribution in [0.15, 0.2) is 53.8 Å². The van der Waals surface area contributed by atoms with E-state index in [0.29, 0.717) is 44.6 Å². The molecule has 10 heteroatoms. The molecule has 1 fully saturated rings. The smallest absolute Gasteiger partial charge is 0.251 e. The van der Waals surface area contributed by atoms with Gasteiger partial charge in [-0.15, -0.1) is 13.8 Å². The molecule has 9 nitrogen and oxygen atoms in total. The number of benzene rings is 2. The van der Waals surface area contributed by atoms with Crippen molar-refractivity contribution < 1.29 is 23.9 Å². The summed E-state index contributed by atoms with van der Waals surface area (Å²) in [6, 6.07) is 15.2. The fourth-order valence-corrected chi connectivity index (χ4v) is 3.59. The van der Waals surface area contributed by atoms with E-state index in [4.69, 9.17) is 14.3 Å². The van der Waals surface area contributed by atoms with E-state index in [0.717, 1.165) is 17.7 Å². The van der Waals surface area contributed by atoms with E-state index in [1.807, 2.05) is 44.9 Å². The summed E-state index contributed by atoms with van der Waals surface area (Å²) in [5, 5.41) is 5.33. The molecule has 2 aromatic carbocycles. The van der Waals surface area contributed by atoms with Gasteiger partial charge >= 0.3 is 0 Å². The van der Waals surface area contributed by atoms with E-state index in [-0.39, 0.29) is 11.8 Å². The van der Waals surface area contributed by atoms with Gasteiger partial charge in [-0.1, -0.05) is 43.1 Å². The van der Waals surface area contributed by atoms with Gasteiger partial charge in [-0.2, -0.15) is 0 Å². The number of nitroso groups, excluding NO2 is 1. The average Bonchev–Trinajstić information content (AvgIpc) is 2.96. The Morgan fingerprint density at radius 2 is 1.62 bits per heavy atom. The summed E-state index contributed by atoms with van der Waals surface area (Å²) in [4.78, 5) is 41.9. The van der Waals surface area contributed by atoms with Crippen molar-refractivity contribution >= 4 is 33.8 Å². The molecule has 202 valence electrons. The van der Waals surface area contributed by atoms with Gasteiger partial charge in [0.15, 0.2) is 0 Å². The minimum atomic E-state index is -0.582. The normalized spacial score (nSPS) is 12.9. The van der Waals surface area contributed by atoms with Crippen molar-refractivity contribution in [3.8, 4) is 5.75 Å². The second-order valence-corrected chi connectivity index (χ2v) is 8.07. The highest BCUT2D eigenvalue weighted by Crippen LogP contribution is 2.34. The quantitative estimate of drug-likeness (QED) is 0.297. The predicted octanol–water partition coefficient (Wildman–Crippen LogP) is 4.34. The van der Waals surface area contributed by atoms with Crippen LogP contribution in [0.5, 0.6) is 5.75 Å². The number of amides is 2. The minimum Gasteiger partial charge on any atom is -0.497 e.